The summed E-state index contributed by atoms with van der Waals surface area (Å²) < 4.78 is 26.5. The second kappa shape index (κ2) is 10.8. The van der Waals surface area contributed by atoms with Crippen LogP contribution in [-0.4, -0.2) is 46.2 Å². The summed E-state index contributed by atoms with van der Waals surface area (Å²) in [5.74, 6) is 1.80. The highest BCUT2D eigenvalue weighted by molar-refractivity contribution is 7.99. The number of benzene rings is 2. The lowest BCUT2D eigenvalue weighted by Gasteiger charge is -2.19. The molecule has 5 rings (SSSR count). The van der Waals surface area contributed by atoms with Gasteiger partial charge in [-0.1, -0.05) is 23.9 Å². The largest absolute Gasteiger partial charge is 0.497 e. The number of halogens is 1. The number of thioether (sulfide) groups is 1. The lowest BCUT2D eigenvalue weighted by Crippen LogP contribution is -2.31. The predicted molar refractivity (Wildman–Crippen MR) is 132 cm³/mol. The minimum Gasteiger partial charge on any atom is -0.497 e. The molecule has 2 atom stereocenters. The van der Waals surface area contributed by atoms with Gasteiger partial charge < -0.3 is 14.8 Å². The van der Waals surface area contributed by atoms with Crippen LogP contribution in [-0.2, 0) is 16.1 Å². The molecule has 3 aromatic rings. The third-order valence-corrected chi connectivity index (χ3v) is 7.41. The van der Waals surface area contributed by atoms with E-state index in [1.807, 2.05) is 28.8 Å². The van der Waals surface area contributed by atoms with Gasteiger partial charge in [-0.05, 0) is 73.6 Å². The van der Waals surface area contributed by atoms with E-state index in [0.717, 1.165) is 49.2 Å². The molecule has 1 N–H and O–H groups in total. The van der Waals surface area contributed by atoms with Crippen molar-refractivity contribution in [3.8, 4) is 17.1 Å². The third kappa shape index (κ3) is 5.85. The van der Waals surface area contributed by atoms with Crippen LogP contribution in [0.15, 0.2) is 53.7 Å². The van der Waals surface area contributed by atoms with Crippen molar-refractivity contribution >= 4 is 17.7 Å². The van der Waals surface area contributed by atoms with E-state index in [9.17, 15) is 9.18 Å². The van der Waals surface area contributed by atoms with Crippen LogP contribution in [0.25, 0.3) is 11.4 Å². The molecule has 1 saturated heterocycles. The van der Waals surface area contributed by atoms with Gasteiger partial charge in [0.2, 0.25) is 5.91 Å². The van der Waals surface area contributed by atoms with Crippen molar-refractivity contribution in [2.45, 2.75) is 49.5 Å². The summed E-state index contributed by atoms with van der Waals surface area (Å²) in [4.78, 5) is 12.9. The van der Waals surface area contributed by atoms with Gasteiger partial charge >= 0.3 is 0 Å². The molecule has 0 radical (unpaired) electrons. The molecule has 1 aromatic heterocycles. The molecule has 0 spiro atoms. The van der Waals surface area contributed by atoms with E-state index in [2.05, 4.69) is 15.5 Å². The molecule has 7 nitrogen and oxygen atoms in total. The van der Waals surface area contributed by atoms with Crippen molar-refractivity contribution < 1.29 is 18.7 Å². The van der Waals surface area contributed by atoms with E-state index in [-0.39, 0.29) is 29.6 Å². The lowest BCUT2D eigenvalue weighted by molar-refractivity contribution is -0.119. The number of ether oxygens (including phenoxy) is 2. The first-order valence-electron chi connectivity index (χ1n) is 12.0. The molecular formula is C26H29FN4O3S. The van der Waals surface area contributed by atoms with E-state index >= 15 is 0 Å². The molecule has 1 aliphatic carbocycles. The Morgan fingerprint density at radius 3 is 2.60 bits per heavy atom. The average molecular weight is 497 g/mol. The molecule has 2 aromatic carbocycles. The van der Waals surface area contributed by atoms with E-state index in [1.54, 1.807) is 19.2 Å². The van der Waals surface area contributed by atoms with Crippen molar-refractivity contribution in [2.75, 3.05) is 19.5 Å². The van der Waals surface area contributed by atoms with E-state index in [1.165, 1.54) is 23.9 Å². The molecule has 1 saturated carbocycles. The molecule has 1 aliphatic heterocycles. The van der Waals surface area contributed by atoms with Crippen molar-refractivity contribution in [1.82, 2.24) is 20.1 Å². The molecular weight excluding hydrogens is 467 g/mol. The Bertz CT molecular complexity index is 1140. The molecule has 2 unspecified atom stereocenters. The summed E-state index contributed by atoms with van der Waals surface area (Å²) in [5.41, 5.74) is 1.87. The number of aromatic nitrogens is 3. The third-order valence-electron chi connectivity index (χ3n) is 6.45. The number of nitrogens with zero attached hydrogens (tertiary/aromatic N) is 3. The summed E-state index contributed by atoms with van der Waals surface area (Å²) in [6, 6.07) is 14.1. The van der Waals surface area contributed by atoms with Crippen LogP contribution in [0, 0.1) is 11.7 Å². The minimum absolute atomic E-state index is 0.00598. The van der Waals surface area contributed by atoms with Gasteiger partial charge in [0.1, 0.15) is 11.6 Å². The second-order valence-electron chi connectivity index (χ2n) is 9.00. The molecule has 2 fully saturated rings. The fourth-order valence-electron chi connectivity index (χ4n) is 4.42. The maximum Gasteiger partial charge on any atom is 0.230 e. The van der Waals surface area contributed by atoms with Gasteiger partial charge in [-0.25, -0.2) is 4.39 Å². The fraction of sp³-hybridized carbons (Fsp3) is 0.423. The topological polar surface area (TPSA) is 78.3 Å². The first-order valence-corrected chi connectivity index (χ1v) is 13.0. The van der Waals surface area contributed by atoms with Crippen molar-refractivity contribution in [2.24, 2.45) is 5.92 Å². The van der Waals surface area contributed by atoms with Gasteiger partial charge in [-0.3, -0.25) is 9.36 Å². The highest BCUT2D eigenvalue weighted by Gasteiger charge is 2.33. The van der Waals surface area contributed by atoms with E-state index in [4.69, 9.17) is 9.47 Å². The zero-order chi connectivity index (χ0) is 24.2. The number of nitrogens with one attached hydrogen (secondary N) is 1. The summed E-state index contributed by atoms with van der Waals surface area (Å²) in [6.07, 6.45) is 4.29. The van der Waals surface area contributed by atoms with Crippen LogP contribution >= 0.6 is 11.8 Å². The quantitative estimate of drug-likeness (QED) is 0.413. The van der Waals surface area contributed by atoms with Crippen LogP contribution in [0.4, 0.5) is 4.39 Å². The summed E-state index contributed by atoms with van der Waals surface area (Å²) in [7, 11) is 1.64. The first-order chi connectivity index (χ1) is 17.1. The number of amides is 1. The highest BCUT2D eigenvalue weighted by atomic mass is 32.2. The van der Waals surface area contributed by atoms with Crippen molar-refractivity contribution in [3.63, 3.8) is 0 Å². The van der Waals surface area contributed by atoms with Gasteiger partial charge in [0.15, 0.2) is 11.0 Å². The Kier molecular flexibility index (Phi) is 7.34. The molecule has 184 valence electrons. The standard InChI is InChI=1S/C26H29FN4O3S/c1-33-21-12-8-18(9-13-21)24(17-4-5-17)28-23(32)16-35-26-30-29-25(19-6-10-20(27)11-7-19)31(26)15-22-3-2-14-34-22/h6-13,17,22,24H,2-5,14-16H2,1H3,(H,28,32). The molecule has 0 bridgehead atoms. The Labute approximate surface area is 208 Å². The van der Waals surface area contributed by atoms with Crippen LogP contribution in [0.1, 0.15) is 37.3 Å². The number of hydrogen-bond donors (Lipinski definition) is 1. The zero-order valence-corrected chi connectivity index (χ0v) is 20.5. The smallest absolute Gasteiger partial charge is 0.230 e. The average Bonchev–Trinajstić information content (AvgIpc) is 3.45. The van der Waals surface area contributed by atoms with Gasteiger partial charge in [0.25, 0.3) is 0 Å². The maximum absolute atomic E-state index is 13.5. The van der Waals surface area contributed by atoms with Crippen molar-refractivity contribution in [3.05, 3.63) is 59.9 Å². The predicted octanol–water partition coefficient (Wildman–Crippen LogP) is 4.63. The van der Waals surface area contributed by atoms with Crippen molar-refractivity contribution in [1.29, 1.82) is 0 Å². The summed E-state index contributed by atoms with van der Waals surface area (Å²) in [5, 5.41) is 12.6. The number of hydrogen-bond acceptors (Lipinski definition) is 6. The van der Waals surface area contributed by atoms with Gasteiger partial charge in [-0.2, -0.15) is 0 Å². The SMILES string of the molecule is COc1ccc(C(NC(=O)CSc2nnc(-c3ccc(F)cc3)n2CC2CCCO2)C2CC2)cc1. The van der Waals surface area contributed by atoms with Gasteiger partial charge in [0, 0.05) is 12.2 Å². The van der Waals surface area contributed by atoms with Gasteiger partial charge in [-0.15, -0.1) is 10.2 Å². The Morgan fingerprint density at radius 1 is 1.17 bits per heavy atom. The maximum atomic E-state index is 13.5. The Hall–Kier alpha value is -2.91. The lowest BCUT2D eigenvalue weighted by atomic mass is 10.0. The van der Waals surface area contributed by atoms with Crippen LogP contribution in [0.5, 0.6) is 5.75 Å². The number of methoxy groups -OCH3 is 1. The monoisotopic (exact) mass is 496 g/mol. The number of carbonyl (C=O) groups is 1. The normalized spacial score (nSPS) is 18.4. The van der Waals surface area contributed by atoms with E-state index < -0.39 is 0 Å². The molecule has 2 heterocycles. The Balaban J connectivity index is 1.28. The molecule has 2 aliphatic rings. The Morgan fingerprint density at radius 2 is 1.94 bits per heavy atom. The second-order valence-corrected chi connectivity index (χ2v) is 9.95. The first kappa shape index (κ1) is 23.8. The number of rotatable bonds is 10. The summed E-state index contributed by atoms with van der Waals surface area (Å²) >= 11 is 1.36. The van der Waals surface area contributed by atoms with Gasteiger partial charge in [0.05, 0.1) is 31.6 Å². The molecule has 1 amide bonds. The molecule has 35 heavy (non-hydrogen) atoms. The fourth-order valence-corrected chi connectivity index (χ4v) is 5.18. The molecule has 9 heteroatoms. The minimum atomic E-state index is -0.299. The van der Waals surface area contributed by atoms with Crippen LogP contribution in [0.2, 0.25) is 0 Å². The van der Waals surface area contributed by atoms with E-state index in [0.29, 0.717) is 23.4 Å². The van der Waals surface area contributed by atoms with Crippen LogP contribution < -0.4 is 10.1 Å². The summed E-state index contributed by atoms with van der Waals surface area (Å²) in [6.45, 7) is 1.34. The van der Waals surface area contributed by atoms with Crippen LogP contribution in [0.3, 0.4) is 0 Å². The number of carbonyl (C=O) groups excluding carboxylic acids is 1. The zero-order valence-electron chi connectivity index (χ0n) is 19.7. The highest BCUT2D eigenvalue weighted by Crippen LogP contribution is 2.41.